The summed E-state index contributed by atoms with van der Waals surface area (Å²) in [7, 11) is 4.00. The predicted octanol–water partition coefficient (Wildman–Crippen LogP) is 2.44. The van der Waals surface area contributed by atoms with E-state index < -0.39 is 0 Å². The van der Waals surface area contributed by atoms with Crippen LogP contribution >= 0.6 is 11.6 Å². The van der Waals surface area contributed by atoms with Crippen molar-refractivity contribution in [2.24, 2.45) is 5.92 Å². The van der Waals surface area contributed by atoms with Gasteiger partial charge in [-0.05, 0) is 38.4 Å². The van der Waals surface area contributed by atoms with Crippen LogP contribution in [0.5, 0.6) is 5.75 Å². The number of ether oxygens (including phenoxy) is 1. The maximum absolute atomic E-state index is 11.6. The summed E-state index contributed by atoms with van der Waals surface area (Å²) in [6, 6.07) is 7.33. The molecule has 0 aliphatic heterocycles. The number of amides is 1. The van der Waals surface area contributed by atoms with Gasteiger partial charge in [0.15, 0.2) is 0 Å². The summed E-state index contributed by atoms with van der Waals surface area (Å²) in [6.45, 7) is 3.30. The molecule has 0 fully saturated rings. The van der Waals surface area contributed by atoms with Crippen molar-refractivity contribution in [2.45, 2.75) is 6.92 Å². The van der Waals surface area contributed by atoms with E-state index in [-0.39, 0.29) is 11.8 Å². The number of rotatable bonds is 7. The zero-order valence-electron chi connectivity index (χ0n) is 11.6. The number of nitrogens with one attached hydrogen (secondary N) is 1. The summed E-state index contributed by atoms with van der Waals surface area (Å²) in [5, 5.41) is 2.81. The smallest absolute Gasteiger partial charge is 0.228 e. The Morgan fingerprint density at radius 1 is 1.37 bits per heavy atom. The van der Waals surface area contributed by atoms with Crippen LogP contribution in [0.1, 0.15) is 6.92 Å². The standard InChI is InChI=1S/C14H21ClN2O2/c1-11(10-15)14(18)16-12-4-6-13(7-5-12)19-9-8-17(2)3/h4-7,11H,8-10H2,1-3H3,(H,16,18). The number of anilines is 1. The van der Waals surface area contributed by atoms with Gasteiger partial charge in [-0.1, -0.05) is 6.92 Å². The Balaban J connectivity index is 2.45. The molecule has 19 heavy (non-hydrogen) atoms. The summed E-state index contributed by atoms with van der Waals surface area (Å²) in [5.74, 6) is 0.844. The Morgan fingerprint density at radius 3 is 2.53 bits per heavy atom. The second kappa shape index (κ2) is 8.02. The first-order valence-corrected chi connectivity index (χ1v) is 6.81. The number of carbonyl (C=O) groups is 1. The first-order valence-electron chi connectivity index (χ1n) is 6.27. The fraction of sp³-hybridized carbons (Fsp3) is 0.500. The molecular weight excluding hydrogens is 264 g/mol. The van der Waals surface area contributed by atoms with E-state index in [1.165, 1.54) is 0 Å². The molecule has 1 atom stereocenters. The third kappa shape index (κ3) is 5.94. The largest absolute Gasteiger partial charge is 0.492 e. The normalized spacial score (nSPS) is 12.3. The van der Waals surface area contributed by atoms with Gasteiger partial charge in [0.05, 0.1) is 0 Å². The Bertz CT molecular complexity index is 393. The minimum atomic E-state index is -0.197. The highest BCUT2D eigenvalue weighted by Gasteiger charge is 2.11. The molecule has 1 amide bonds. The van der Waals surface area contributed by atoms with Crippen LogP contribution in [-0.2, 0) is 4.79 Å². The zero-order chi connectivity index (χ0) is 14.3. The summed E-state index contributed by atoms with van der Waals surface area (Å²) in [4.78, 5) is 13.7. The Morgan fingerprint density at radius 2 is 2.00 bits per heavy atom. The van der Waals surface area contributed by atoms with Gasteiger partial charge in [-0.3, -0.25) is 4.79 Å². The van der Waals surface area contributed by atoms with E-state index in [9.17, 15) is 4.79 Å². The van der Waals surface area contributed by atoms with E-state index in [1.54, 1.807) is 6.92 Å². The molecule has 0 aromatic heterocycles. The average molecular weight is 285 g/mol. The summed E-state index contributed by atoms with van der Waals surface area (Å²) < 4.78 is 5.57. The highest BCUT2D eigenvalue weighted by molar-refractivity contribution is 6.19. The van der Waals surface area contributed by atoms with Gasteiger partial charge in [-0.25, -0.2) is 0 Å². The van der Waals surface area contributed by atoms with E-state index >= 15 is 0 Å². The molecule has 0 saturated carbocycles. The van der Waals surface area contributed by atoms with Crippen LogP contribution in [0.15, 0.2) is 24.3 Å². The molecule has 1 unspecified atom stereocenters. The van der Waals surface area contributed by atoms with Gasteiger partial charge in [0.25, 0.3) is 0 Å². The second-order valence-electron chi connectivity index (χ2n) is 4.72. The first kappa shape index (κ1) is 15.8. The van der Waals surface area contributed by atoms with Crippen molar-refractivity contribution in [1.82, 2.24) is 4.90 Å². The van der Waals surface area contributed by atoms with Crippen molar-refractivity contribution < 1.29 is 9.53 Å². The molecule has 0 heterocycles. The predicted molar refractivity (Wildman–Crippen MR) is 79.0 cm³/mol. The number of hydrogen-bond donors (Lipinski definition) is 1. The maximum atomic E-state index is 11.6. The maximum Gasteiger partial charge on any atom is 0.228 e. The number of alkyl halides is 1. The fourth-order valence-electron chi connectivity index (χ4n) is 1.32. The molecule has 1 N–H and O–H groups in total. The van der Waals surface area contributed by atoms with Crippen LogP contribution in [0.25, 0.3) is 0 Å². The fourth-order valence-corrected chi connectivity index (χ4v) is 1.46. The van der Waals surface area contributed by atoms with E-state index in [1.807, 2.05) is 38.4 Å². The molecule has 0 aliphatic rings. The van der Waals surface area contributed by atoms with Crippen LogP contribution in [-0.4, -0.2) is 43.9 Å². The second-order valence-corrected chi connectivity index (χ2v) is 5.03. The van der Waals surface area contributed by atoms with Crippen LogP contribution in [0.4, 0.5) is 5.69 Å². The quantitative estimate of drug-likeness (QED) is 0.782. The summed E-state index contributed by atoms with van der Waals surface area (Å²) >= 11 is 5.64. The van der Waals surface area contributed by atoms with Gasteiger partial charge < -0.3 is 15.0 Å². The van der Waals surface area contributed by atoms with Crippen molar-refractivity contribution in [1.29, 1.82) is 0 Å². The Hall–Kier alpha value is -1.26. The number of nitrogens with zero attached hydrogens (tertiary/aromatic N) is 1. The van der Waals surface area contributed by atoms with E-state index in [0.717, 1.165) is 18.0 Å². The zero-order valence-corrected chi connectivity index (χ0v) is 12.4. The topological polar surface area (TPSA) is 41.6 Å². The van der Waals surface area contributed by atoms with Crippen LogP contribution in [0, 0.1) is 5.92 Å². The monoisotopic (exact) mass is 284 g/mol. The molecule has 5 heteroatoms. The molecule has 1 rings (SSSR count). The SMILES string of the molecule is CC(CCl)C(=O)Nc1ccc(OCCN(C)C)cc1. The third-order valence-electron chi connectivity index (χ3n) is 2.61. The third-order valence-corrected chi connectivity index (χ3v) is 3.07. The molecule has 4 nitrogen and oxygen atoms in total. The van der Waals surface area contributed by atoms with E-state index in [4.69, 9.17) is 16.3 Å². The molecule has 1 aromatic rings. The minimum Gasteiger partial charge on any atom is -0.492 e. The highest BCUT2D eigenvalue weighted by atomic mass is 35.5. The van der Waals surface area contributed by atoms with Gasteiger partial charge in [0.2, 0.25) is 5.91 Å². The molecule has 0 radical (unpaired) electrons. The Kier molecular flexibility index (Phi) is 6.67. The van der Waals surface area contributed by atoms with Crippen molar-refractivity contribution in [2.75, 3.05) is 38.4 Å². The highest BCUT2D eigenvalue weighted by Crippen LogP contribution is 2.16. The number of benzene rings is 1. The molecule has 106 valence electrons. The molecule has 1 aromatic carbocycles. The number of likely N-dealkylation sites (N-methyl/N-ethyl adjacent to an activating group) is 1. The lowest BCUT2D eigenvalue weighted by Crippen LogP contribution is -2.21. The van der Waals surface area contributed by atoms with Crippen molar-refractivity contribution in [3.05, 3.63) is 24.3 Å². The molecule has 0 saturated heterocycles. The summed E-state index contributed by atoms with van der Waals surface area (Å²) in [6.07, 6.45) is 0. The van der Waals surface area contributed by atoms with Crippen molar-refractivity contribution in [3.63, 3.8) is 0 Å². The molecular formula is C14H21ClN2O2. The number of hydrogen-bond acceptors (Lipinski definition) is 3. The lowest BCUT2D eigenvalue weighted by atomic mass is 10.2. The summed E-state index contributed by atoms with van der Waals surface area (Å²) in [5.41, 5.74) is 0.752. The Labute approximate surface area is 119 Å². The lowest BCUT2D eigenvalue weighted by molar-refractivity contribution is -0.118. The number of halogens is 1. The van der Waals surface area contributed by atoms with Gasteiger partial charge >= 0.3 is 0 Å². The minimum absolute atomic E-state index is 0.0729. The van der Waals surface area contributed by atoms with Crippen LogP contribution in [0.2, 0.25) is 0 Å². The van der Waals surface area contributed by atoms with E-state index in [0.29, 0.717) is 12.5 Å². The molecule has 0 aliphatic carbocycles. The molecule has 0 spiro atoms. The lowest BCUT2D eigenvalue weighted by Gasteiger charge is -2.12. The van der Waals surface area contributed by atoms with E-state index in [2.05, 4.69) is 10.2 Å². The van der Waals surface area contributed by atoms with Gasteiger partial charge in [-0.15, -0.1) is 11.6 Å². The van der Waals surface area contributed by atoms with Crippen LogP contribution in [0.3, 0.4) is 0 Å². The molecule has 0 bridgehead atoms. The number of carbonyl (C=O) groups excluding carboxylic acids is 1. The average Bonchev–Trinajstić information content (AvgIpc) is 2.39. The van der Waals surface area contributed by atoms with Gasteiger partial charge in [0, 0.05) is 24.0 Å². The van der Waals surface area contributed by atoms with Crippen LogP contribution < -0.4 is 10.1 Å². The van der Waals surface area contributed by atoms with Crippen molar-refractivity contribution >= 4 is 23.2 Å². The first-order chi connectivity index (χ1) is 9.02. The van der Waals surface area contributed by atoms with Gasteiger partial charge in [-0.2, -0.15) is 0 Å². The van der Waals surface area contributed by atoms with Gasteiger partial charge in [0.1, 0.15) is 12.4 Å². The van der Waals surface area contributed by atoms with Crippen molar-refractivity contribution in [3.8, 4) is 5.75 Å².